The maximum Gasteiger partial charge on any atom is 0.307 e. The van der Waals surface area contributed by atoms with Crippen molar-refractivity contribution in [3.05, 3.63) is 47.8 Å². The van der Waals surface area contributed by atoms with Gasteiger partial charge in [0.15, 0.2) is 5.13 Å². The van der Waals surface area contributed by atoms with Gasteiger partial charge in [0, 0.05) is 18.4 Å². The summed E-state index contributed by atoms with van der Waals surface area (Å²) in [6.45, 7) is 4.80. The zero-order valence-electron chi connectivity index (χ0n) is 14.5. The molecule has 1 aromatic carbocycles. The van der Waals surface area contributed by atoms with Crippen molar-refractivity contribution >= 4 is 34.1 Å². The smallest absolute Gasteiger partial charge is 0.307 e. The fourth-order valence-corrected chi connectivity index (χ4v) is 3.47. The lowest BCUT2D eigenvalue weighted by atomic mass is 10.1. The second-order valence-corrected chi connectivity index (χ2v) is 6.62. The van der Waals surface area contributed by atoms with Crippen LogP contribution in [0.3, 0.4) is 0 Å². The quantitative estimate of drug-likeness (QED) is 0.584. The molecule has 0 aliphatic heterocycles. The first kappa shape index (κ1) is 17.8. The van der Waals surface area contributed by atoms with E-state index in [4.69, 9.17) is 5.11 Å². The molecule has 2 heterocycles. The standard InChI is InChI=1S/C18H19N5O2S/c1-3-19-18-21-11(2)16(26-18)14-7-8-20-17(23-14)22-13-6-4-5-12(9-13)10-15(24)25/h4-9H,3,10H2,1-2H3,(H,19,21)(H,24,25)(H,20,22,23). The van der Waals surface area contributed by atoms with Crippen molar-refractivity contribution in [3.8, 4) is 10.6 Å². The molecule has 0 radical (unpaired) electrons. The van der Waals surface area contributed by atoms with E-state index in [1.165, 1.54) is 0 Å². The Bertz CT molecular complexity index is 925. The summed E-state index contributed by atoms with van der Waals surface area (Å²) < 4.78 is 0. The molecule has 0 fully saturated rings. The van der Waals surface area contributed by atoms with Crippen LogP contribution in [0.4, 0.5) is 16.8 Å². The van der Waals surface area contributed by atoms with Crippen LogP contribution in [0, 0.1) is 6.92 Å². The van der Waals surface area contributed by atoms with Crippen LogP contribution < -0.4 is 10.6 Å². The number of aliphatic carboxylic acids is 1. The van der Waals surface area contributed by atoms with Crippen molar-refractivity contribution in [1.29, 1.82) is 0 Å². The van der Waals surface area contributed by atoms with E-state index in [2.05, 4.69) is 25.6 Å². The van der Waals surface area contributed by atoms with Gasteiger partial charge >= 0.3 is 5.97 Å². The minimum atomic E-state index is -0.863. The van der Waals surface area contributed by atoms with E-state index in [0.717, 1.165) is 33.6 Å². The third-order valence-electron chi connectivity index (χ3n) is 3.55. The monoisotopic (exact) mass is 369 g/mol. The van der Waals surface area contributed by atoms with Crippen molar-refractivity contribution in [3.63, 3.8) is 0 Å². The molecular weight excluding hydrogens is 350 g/mol. The molecule has 3 N–H and O–H groups in total. The van der Waals surface area contributed by atoms with E-state index < -0.39 is 5.97 Å². The topological polar surface area (TPSA) is 100 Å². The highest BCUT2D eigenvalue weighted by atomic mass is 32.1. The molecule has 0 unspecified atom stereocenters. The highest BCUT2D eigenvalue weighted by Gasteiger charge is 2.12. The van der Waals surface area contributed by atoms with E-state index in [0.29, 0.717) is 11.5 Å². The molecule has 0 bridgehead atoms. The van der Waals surface area contributed by atoms with Crippen molar-refractivity contribution in [1.82, 2.24) is 15.0 Å². The number of carboxylic acids is 1. The van der Waals surface area contributed by atoms with Crippen LogP contribution in [0.2, 0.25) is 0 Å². The fourth-order valence-electron chi connectivity index (χ4n) is 2.47. The van der Waals surface area contributed by atoms with E-state index in [1.807, 2.05) is 26.0 Å². The Labute approximate surface area is 155 Å². The fraction of sp³-hybridized carbons (Fsp3) is 0.222. The molecule has 0 amide bonds. The molecule has 2 aromatic heterocycles. The molecule has 0 atom stereocenters. The molecule has 0 aliphatic carbocycles. The van der Waals surface area contributed by atoms with Gasteiger partial charge < -0.3 is 15.7 Å². The number of rotatable bonds is 7. The average molecular weight is 369 g/mol. The largest absolute Gasteiger partial charge is 0.481 e. The number of aromatic nitrogens is 3. The number of carbonyl (C=O) groups is 1. The Hall–Kier alpha value is -3.00. The number of aryl methyl sites for hydroxylation is 1. The second kappa shape index (κ2) is 7.92. The molecule has 0 saturated carbocycles. The number of benzene rings is 1. The Balaban J connectivity index is 1.83. The van der Waals surface area contributed by atoms with Gasteiger partial charge in [-0.15, -0.1) is 0 Å². The minimum absolute atomic E-state index is 0.0241. The lowest BCUT2D eigenvalue weighted by Gasteiger charge is -2.07. The third kappa shape index (κ3) is 4.34. The maximum absolute atomic E-state index is 10.9. The second-order valence-electron chi connectivity index (χ2n) is 5.63. The summed E-state index contributed by atoms with van der Waals surface area (Å²) in [6.07, 6.45) is 1.67. The van der Waals surface area contributed by atoms with Gasteiger partial charge in [-0.1, -0.05) is 23.5 Å². The molecule has 0 aliphatic rings. The van der Waals surface area contributed by atoms with E-state index in [1.54, 1.807) is 35.7 Å². The summed E-state index contributed by atoms with van der Waals surface area (Å²) >= 11 is 1.56. The van der Waals surface area contributed by atoms with Gasteiger partial charge in [-0.2, -0.15) is 0 Å². The Kier molecular flexibility index (Phi) is 5.43. The first-order valence-electron chi connectivity index (χ1n) is 8.17. The molecule has 8 heteroatoms. The van der Waals surface area contributed by atoms with Gasteiger partial charge in [0.05, 0.1) is 22.7 Å². The third-order valence-corrected chi connectivity index (χ3v) is 4.69. The Morgan fingerprint density at radius 2 is 2.12 bits per heavy atom. The first-order chi connectivity index (χ1) is 12.5. The number of nitrogens with one attached hydrogen (secondary N) is 2. The zero-order chi connectivity index (χ0) is 18.5. The maximum atomic E-state index is 10.9. The molecule has 134 valence electrons. The molecule has 26 heavy (non-hydrogen) atoms. The molecule has 0 spiro atoms. The summed E-state index contributed by atoms with van der Waals surface area (Å²) in [5.74, 6) is -0.412. The summed E-state index contributed by atoms with van der Waals surface area (Å²) in [5, 5.41) is 16.1. The minimum Gasteiger partial charge on any atom is -0.481 e. The van der Waals surface area contributed by atoms with Crippen LogP contribution in [-0.2, 0) is 11.2 Å². The highest BCUT2D eigenvalue weighted by molar-refractivity contribution is 7.19. The van der Waals surface area contributed by atoms with E-state index in [9.17, 15) is 4.79 Å². The van der Waals surface area contributed by atoms with Gasteiger partial charge in [0.2, 0.25) is 5.95 Å². The van der Waals surface area contributed by atoms with Crippen LogP contribution in [0.25, 0.3) is 10.6 Å². The molecular formula is C18H19N5O2S. The van der Waals surface area contributed by atoms with Gasteiger partial charge in [-0.05, 0) is 37.6 Å². The highest BCUT2D eigenvalue weighted by Crippen LogP contribution is 2.31. The summed E-state index contributed by atoms with van der Waals surface area (Å²) in [6, 6.07) is 9.07. The predicted molar refractivity (Wildman–Crippen MR) is 103 cm³/mol. The predicted octanol–water partition coefficient (Wildman–Crippen LogP) is 3.71. The summed E-state index contributed by atoms with van der Waals surface area (Å²) in [5.41, 5.74) is 3.17. The number of carboxylic acid groups (broad SMARTS) is 1. The van der Waals surface area contributed by atoms with Gasteiger partial charge in [-0.3, -0.25) is 4.79 Å². The number of nitrogens with zero attached hydrogens (tertiary/aromatic N) is 3. The Morgan fingerprint density at radius 1 is 1.27 bits per heavy atom. The average Bonchev–Trinajstić information content (AvgIpc) is 2.96. The lowest BCUT2D eigenvalue weighted by Crippen LogP contribution is -2.02. The number of anilines is 3. The normalized spacial score (nSPS) is 10.5. The molecule has 3 rings (SSSR count). The number of hydrogen-bond donors (Lipinski definition) is 3. The van der Waals surface area contributed by atoms with Crippen molar-refractivity contribution in [2.75, 3.05) is 17.2 Å². The van der Waals surface area contributed by atoms with Gasteiger partial charge in [0.1, 0.15) is 0 Å². The molecule has 0 saturated heterocycles. The number of hydrogen-bond acceptors (Lipinski definition) is 7. The van der Waals surface area contributed by atoms with Crippen LogP contribution in [0.5, 0.6) is 0 Å². The van der Waals surface area contributed by atoms with Crippen molar-refractivity contribution in [2.24, 2.45) is 0 Å². The molecule has 7 nitrogen and oxygen atoms in total. The zero-order valence-corrected chi connectivity index (χ0v) is 15.3. The van der Waals surface area contributed by atoms with E-state index in [-0.39, 0.29) is 6.42 Å². The van der Waals surface area contributed by atoms with Crippen molar-refractivity contribution in [2.45, 2.75) is 20.3 Å². The van der Waals surface area contributed by atoms with Gasteiger partial charge in [0.25, 0.3) is 0 Å². The first-order valence-corrected chi connectivity index (χ1v) is 8.99. The lowest BCUT2D eigenvalue weighted by molar-refractivity contribution is -0.136. The van der Waals surface area contributed by atoms with Gasteiger partial charge in [-0.25, -0.2) is 15.0 Å². The Morgan fingerprint density at radius 3 is 2.88 bits per heavy atom. The number of thiazole rings is 1. The molecule has 3 aromatic rings. The van der Waals surface area contributed by atoms with Crippen LogP contribution in [0.15, 0.2) is 36.5 Å². The summed E-state index contributed by atoms with van der Waals surface area (Å²) in [4.78, 5) is 25.2. The van der Waals surface area contributed by atoms with E-state index >= 15 is 0 Å². The van der Waals surface area contributed by atoms with Crippen LogP contribution >= 0.6 is 11.3 Å². The summed E-state index contributed by atoms with van der Waals surface area (Å²) in [7, 11) is 0. The van der Waals surface area contributed by atoms with Crippen LogP contribution in [0.1, 0.15) is 18.2 Å². The van der Waals surface area contributed by atoms with Crippen molar-refractivity contribution < 1.29 is 9.90 Å². The van der Waals surface area contributed by atoms with Crippen LogP contribution in [-0.4, -0.2) is 32.6 Å². The SMILES string of the molecule is CCNc1nc(C)c(-c2ccnc(Nc3cccc(CC(=O)O)c3)n2)s1.